The monoisotopic (exact) mass is 367 g/mol. The van der Waals surface area contributed by atoms with Crippen LogP contribution in [-0.2, 0) is 16.4 Å². The van der Waals surface area contributed by atoms with Gasteiger partial charge in [0, 0.05) is 17.5 Å². The molecule has 2 aromatic carbocycles. The molecule has 0 spiro atoms. The molecule has 0 fully saturated rings. The Morgan fingerprint density at radius 3 is 2.00 bits per heavy atom. The van der Waals surface area contributed by atoms with Gasteiger partial charge in [-0.05, 0) is 50.5 Å². The number of hydrogen-bond acceptors (Lipinski definition) is 2. The molecule has 136 valence electrons. The molecule has 0 aliphatic rings. The second kappa shape index (κ2) is 7.50. The summed E-state index contributed by atoms with van der Waals surface area (Å²) in [6, 6.07) is 17.2. The minimum Gasteiger partial charge on any atom is -0.245 e. The lowest BCUT2D eigenvalue weighted by Gasteiger charge is -2.10. The second-order valence-corrected chi connectivity index (χ2v) is 8.62. The van der Waals surface area contributed by atoms with Gasteiger partial charge in [0.2, 0.25) is 0 Å². The van der Waals surface area contributed by atoms with Gasteiger partial charge in [0.1, 0.15) is 0 Å². The third kappa shape index (κ3) is 3.75. The molecule has 3 aromatic rings. The van der Waals surface area contributed by atoms with Crippen LogP contribution in [0.15, 0.2) is 65.7 Å². The SMILES string of the molecule is CCCCc1cc(-c2ccc(C)cc2)cn1S(=O)(=O)c1ccc(C)cc1. The van der Waals surface area contributed by atoms with E-state index >= 15 is 0 Å². The van der Waals surface area contributed by atoms with Gasteiger partial charge in [0.15, 0.2) is 0 Å². The zero-order chi connectivity index (χ0) is 18.7. The molecule has 0 atom stereocenters. The van der Waals surface area contributed by atoms with Gasteiger partial charge in [-0.25, -0.2) is 12.4 Å². The van der Waals surface area contributed by atoms with E-state index in [1.807, 2.05) is 56.3 Å². The lowest BCUT2D eigenvalue weighted by Crippen LogP contribution is -2.14. The molecule has 4 heteroatoms. The summed E-state index contributed by atoms with van der Waals surface area (Å²) >= 11 is 0. The number of rotatable bonds is 6. The van der Waals surface area contributed by atoms with Gasteiger partial charge in [0.25, 0.3) is 10.0 Å². The summed E-state index contributed by atoms with van der Waals surface area (Å²) in [6.45, 7) is 6.11. The Hall–Kier alpha value is -2.33. The van der Waals surface area contributed by atoms with Gasteiger partial charge in [-0.1, -0.05) is 60.9 Å². The molecule has 0 unspecified atom stereocenters. The van der Waals surface area contributed by atoms with E-state index in [4.69, 9.17) is 0 Å². The Morgan fingerprint density at radius 2 is 1.42 bits per heavy atom. The van der Waals surface area contributed by atoms with Crippen molar-refractivity contribution in [3.63, 3.8) is 0 Å². The summed E-state index contributed by atoms with van der Waals surface area (Å²) < 4.78 is 27.8. The van der Waals surface area contributed by atoms with E-state index in [0.29, 0.717) is 4.90 Å². The molecule has 3 nitrogen and oxygen atoms in total. The van der Waals surface area contributed by atoms with Crippen molar-refractivity contribution in [3.05, 3.63) is 77.6 Å². The van der Waals surface area contributed by atoms with Gasteiger partial charge in [0.05, 0.1) is 4.90 Å². The molecule has 0 amide bonds. The summed E-state index contributed by atoms with van der Waals surface area (Å²) in [5, 5.41) is 0. The van der Waals surface area contributed by atoms with Crippen molar-refractivity contribution in [2.24, 2.45) is 0 Å². The molecule has 0 aliphatic heterocycles. The summed E-state index contributed by atoms with van der Waals surface area (Å²) in [5.41, 5.74) is 5.04. The molecule has 0 radical (unpaired) electrons. The minimum atomic E-state index is -3.60. The van der Waals surface area contributed by atoms with Crippen LogP contribution in [-0.4, -0.2) is 12.4 Å². The van der Waals surface area contributed by atoms with Crippen LogP contribution in [0.25, 0.3) is 11.1 Å². The number of aryl methyl sites for hydroxylation is 3. The predicted molar refractivity (Wildman–Crippen MR) is 107 cm³/mol. The summed E-state index contributed by atoms with van der Waals surface area (Å²) in [5.74, 6) is 0. The van der Waals surface area contributed by atoms with Crippen LogP contribution in [0, 0.1) is 13.8 Å². The first-order valence-electron chi connectivity index (χ1n) is 9.02. The lowest BCUT2D eigenvalue weighted by molar-refractivity contribution is 0.584. The highest BCUT2D eigenvalue weighted by Crippen LogP contribution is 2.27. The van der Waals surface area contributed by atoms with Crippen LogP contribution in [0.4, 0.5) is 0 Å². The summed E-state index contributed by atoms with van der Waals surface area (Å²) in [4.78, 5) is 0.326. The number of hydrogen-bond donors (Lipinski definition) is 0. The Balaban J connectivity index is 2.09. The maximum absolute atomic E-state index is 13.2. The number of nitrogens with zero attached hydrogens (tertiary/aromatic N) is 1. The largest absolute Gasteiger partial charge is 0.267 e. The molecule has 1 aromatic heterocycles. The third-order valence-corrected chi connectivity index (χ3v) is 6.34. The second-order valence-electron chi connectivity index (χ2n) is 6.80. The van der Waals surface area contributed by atoms with Gasteiger partial charge in [-0.3, -0.25) is 0 Å². The highest BCUT2D eigenvalue weighted by Gasteiger charge is 2.21. The van der Waals surface area contributed by atoms with E-state index in [-0.39, 0.29) is 0 Å². The normalized spacial score (nSPS) is 11.7. The smallest absolute Gasteiger partial charge is 0.245 e. The van der Waals surface area contributed by atoms with Crippen molar-refractivity contribution in [2.45, 2.75) is 44.9 Å². The van der Waals surface area contributed by atoms with Crippen LogP contribution >= 0.6 is 0 Å². The molecule has 0 bridgehead atoms. The first-order valence-corrected chi connectivity index (χ1v) is 10.5. The zero-order valence-corrected chi connectivity index (χ0v) is 16.4. The van der Waals surface area contributed by atoms with Crippen LogP contribution in [0.5, 0.6) is 0 Å². The van der Waals surface area contributed by atoms with Crippen molar-refractivity contribution in [3.8, 4) is 11.1 Å². The topological polar surface area (TPSA) is 39.1 Å². The van der Waals surface area contributed by atoms with Gasteiger partial charge < -0.3 is 0 Å². The zero-order valence-electron chi connectivity index (χ0n) is 15.6. The fourth-order valence-corrected chi connectivity index (χ4v) is 4.39. The fraction of sp³-hybridized carbons (Fsp3) is 0.273. The standard InChI is InChI=1S/C22H25NO2S/c1-4-5-6-21-15-20(19-11-7-17(2)8-12-19)16-23(21)26(24,25)22-13-9-18(3)10-14-22/h7-16H,4-6H2,1-3H3. The van der Waals surface area contributed by atoms with Crippen LogP contribution in [0.3, 0.4) is 0 Å². The molecule has 0 saturated carbocycles. The van der Waals surface area contributed by atoms with E-state index < -0.39 is 10.0 Å². The number of aromatic nitrogens is 1. The molecule has 0 aliphatic carbocycles. The first-order chi connectivity index (χ1) is 12.4. The third-order valence-electron chi connectivity index (χ3n) is 4.61. The fourth-order valence-electron chi connectivity index (χ4n) is 2.98. The van der Waals surface area contributed by atoms with Crippen LogP contribution < -0.4 is 0 Å². The Bertz CT molecular complexity index is 982. The Morgan fingerprint density at radius 1 is 0.846 bits per heavy atom. The van der Waals surface area contributed by atoms with Crippen molar-refractivity contribution in [1.82, 2.24) is 3.97 Å². The molecule has 1 heterocycles. The van der Waals surface area contributed by atoms with E-state index in [1.165, 1.54) is 9.54 Å². The van der Waals surface area contributed by atoms with E-state index in [0.717, 1.165) is 41.6 Å². The van der Waals surface area contributed by atoms with E-state index in [1.54, 1.807) is 18.3 Å². The molecular formula is C22H25NO2S. The lowest BCUT2D eigenvalue weighted by atomic mass is 10.1. The Labute approximate surface area is 156 Å². The maximum Gasteiger partial charge on any atom is 0.267 e. The van der Waals surface area contributed by atoms with Gasteiger partial charge >= 0.3 is 0 Å². The van der Waals surface area contributed by atoms with Crippen LogP contribution in [0.1, 0.15) is 36.6 Å². The quantitative estimate of drug-likeness (QED) is 0.589. The first kappa shape index (κ1) is 18.5. The summed E-state index contributed by atoms with van der Waals surface area (Å²) in [7, 11) is -3.60. The molecule has 3 rings (SSSR count). The number of benzene rings is 2. The highest BCUT2D eigenvalue weighted by atomic mass is 32.2. The average molecular weight is 368 g/mol. The number of unbranched alkanes of at least 4 members (excludes halogenated alkanes) is 1. The highest BCUT2D eigenvalue weighted by molar-refractivity contribution is 7.90. The van der Waals surface area contributed by atoms with Crippen molar-refractivity contribution >= 4 is 10.0 Å². The van der Waals surface area contributed by atoms with Gasteiger partial charge in [-0.2, -0.15) is 0 Å². The average Bonchev–Trinajstić information content (AvgIpc) is 3.06. The Kier molecular flexibility index (Phi) is 5.33. The van der Waals surface area contributed by atoms with E-state index in [2.05, 4.69) is 6.92 Å². The van der Waals surface area contributed by atoms with Crippen molar-refractivity contribution in [2.75, 3.05) is 0 Å². The predicted octanol–water partition coefficient (Wildman–Crippen LogP) is 5.35. The van der Waals surface area contributed by atoms with E-state index in [9.17, 15) is 8.42 Å². The molecule has 0 saturated heterocycles. The summed E-state index contributed by atoms with van der Waals surface area (Å²) in [6.07, 6.45) is 4.48. The maximum atomic E-state index is 13.2. The van der Waals surface area contributed by atoms with Crippen molar-refractivity contribution in [1.29, 1.82) is 0 Å². The van der Waals surface area contributed by atoms with Crippen LogP contribution in [0.2, 0.25) is 0 Å². The van der Waals surface area contributed by atoms with Gasteiger partial charge in [-0.15, -0.1) is 0 Å². The molecular weight excluding hydrogens is 342 g/mol. The van der Waals surface area contributed by atoms with Crippen molar-refractivity contribution < 1.29 is 8.42 Å². The molecule has 26 heavy (non-hydrogen) atoms. The molecule has 0 N–H and O–H groups in total. The minimum absolute atomic E-state index is 0.326.